The molecule has 4 aromatic heterocycles. The van der Waals surface area contributed by atoms with Gasteiger partial charge in [0.15, 0.2) is 20.6 Å². The Morgan fingerprint density at radius 1 is 0.514 bits per heavy atom. The number of quaternary nitrogens is 1. The van der Waals surface area contributed by atoms with Crippen LogP contribution in [0.3, 0.4) is 0 Å². The van der Waals surface area contributed by atoms with Gasteiger partial charge in [-0.25, -0.2) is 26.8 Å². The fourth-order valence-electron chi connectivity index (χ4n) is 6.71. The molecule has 0 saturated heterocycles. The predicted molar refractivity (Wildman–Crippen MR) is 310 cm³/mol. The fraction of sp³-hybridized carbons (Fsp3) is 0.216. The zero-order valence-corrected chi connectivity index (χ0v) is 42.6. The molecule has 4 aromatic carbocycles. The smallest absolute Gasteiger partial charge is 0.224 e. The van der Waals surface area contributed by atoms with Crippen molar-refractivity contribution in [3.05, 3.63) is 187 Å². The van der Waals surface area contributed by atoms with E-state index in [9.17, 15) is 35.5 Å². The van der Waals surface area contributed by atoms with Gasteiger partial charge in [0.1, 0.15) is 10.0 Å². The van der Waals surface area contributed by atoms with Crippen LogP contribution in [0.5, 0.6) is 0 Å². The van der Waals surface area contributed by atoms with Gasteiger partial charge in [0, 0.05) is 32.2 Å². The van der Waals surface area contributed by atoms with E-state index in [2.05, 4.69) is 10.6 Å². The Labute approximate surface area is 461 Å². The van der Waals surface area contributed by atoms with Crippen LogP contribution in [0.1, 0.15) is 82.9 Å². The maximum atomic E-state index is 12.9. The molecule has 400 valence electrons. The molecule has 0 bridgehead atoms. The maximum Gasteiger partial charge on any atom is 0.224 e. The molecule has 8 N–H and O–H groups in total. The number of hydrogen-bond donors (Lipinski definition) is 5. The molecule has 0 spiro atoms. The maximum absolute atomic E-state index is 12.9. The van der Waals surface area contributed by atoms with Gasteiger partial charge in [-0.3, -0.25) is 19.0 Å². The molecule has 0 fully saturated rings. The van der Waals surface area contributed by atoms with Gasteiger partial charge in [0.05, 0.1) is 46.1 Å². The first-order chi connectivity index (χ1) is 32.5. The number of anilines is 2. The first-order valence-corrected chi connectivity index (χ1v) is 27.3. The summed E-state index contributed by atoms with van der Waals surface area (Å²) in [7, 11) is -9.20. The zero-order chi connectivity index (χ0) is 48.3. The van der Waals surface area contributed by atoms with Gasteiger partial charge in [-0.05, 0) is 107 Å². The average Bonchev–Trinajstić information content (AvgIpc) is 4.12. The molecule has 0 aliphatic heterocycles. The molecule has 4 heterocycles. The number of nitrogens with one attached hydrogen (secondary N) is 4. The molecule has 0 saturated carbocycles. The summed E-state index contributed by atoms with van der Waals surface area (Å²) in [5.41, 5.74) is 5.10. The number of benzene rings is 4. The van der Waals surface area contributed by atoms with Gasteiger partial charge in [-0.2, -0.15) is 0 Å². The van der Waals surface area contributed by atoms with Gasteiger partial charge < -0.3 is 25.9 Å². The van der Waals surface area contributed by atoms with Crippen molar-refractivity contribution >= 4 is 112 Å². The average molecular weight is 1160 g/mol. The quantitative estimate of drug-likeness (QED) is 0.0508. The van der Waals surface area contributed by atoms with E-state index < -0.39 is 32.7 Å². The van der Waals surface area contributed by atoms with Crippen LogP contribution in [0.15, 0.2) is 143 Å². The lowest BCUT2D eigenvalue weighted by Gasteiger charge is -2.18. The van der Waals surface area contributed by atoms with Crippen LogP contribution in [-0.2, 0) is 55.9 Å². The van der Waals surface area contributed by atoms with E-state index >= 15 is 0 Å². The number of rotatable bonds is 18. The lowest BCUT2D eigenvalue weighted by atomic mass is 10.0. The Hall–Kier alpha value is -5.56. The van der Waals surface area contributed by atoms with Crippen molar-refractivity contribution in [1.82, 2.24) is 26.8 Å². The first kappa shape index (κ1) is 66.5. The summed E-state index contributed by atoms with van der Waals surface area (Å²) < 4.78 is 69.3. The van der Waals surface area contributed by atoms with Crippen molar-refractivity contribution in [2.45, 2.75) is 74.9 Å². The zero-order valence-electron chi connectivity index (χ0n) is 36.2. The number of carbonyl (C=O) groups is 2. The van der Waals surface area contributed by atoms with Gasteiger partial charge in [0.25, 0.3) is 0 Å². The van der Waals surface area contributed by atoms with Crippen molar-refractivity contribution in [2.24, 2.45) is 0 Å². The second-order valence-corrected chi connectivity index (χ2v) is 21.6. The highest BCUT2D eigenvalue weighted by Crippen LogP contribution is 2.33. The second-order valence-electron chi connectivity index (χ2n) is 14.9. The van der Waals surface area contributed by atoms with E-state index in [0.29, 0.717) is 22.9 Å². The van der Waals surface area contributed by atoms with Crippen molar-refractivity contribution in [1.29, 1.82) is 0 Å². The Balaban J connectivity index is 0.000000684. The first-order valence-electron chi connectivity index (χ1n) is 20.2. The molecule has 23 heteroatoms. The highest BCUT2D eigenvalue weighted by Gasteiger charge is 2.22. The van der Waals surface area contributed by atoms with Gasteiger partial charge >= 0.3 is 0 Å². The number of amides is 2. The summed E-state index contributed by atoms with van der Waals surface area (Å²) in [6.45, 7) is 0. The highest BCUT2D eigenvalue weighted by molar-refractivity contribution is 7.87. The van der Waals surface area contributed by atoms with Crippen LogP contribution in [0.2, 0.25) is 10.0 Å². The summed E-state index contributed by atoms with van der Waals surface area (Å²) in [6.07, 6.45) is 1.20. The van der Waals surface area contributed by atoms with E-state index in [-0.39, 0.29) is 79.3 Å². The molecule has 15 nitrogen and oxygen atoms in total. The SMILES string of the molecule is C.C.C.C.C.O=C(Cc1cccc(Cl)c1)N[C@@H](Cc1ccc(NS(=O)(=O)[O-])cc1)c1csc(-c2cccs2)n1.O=C(Cc1cccc(Cl)c1)N[C@@H](Cc1ccc(NS(=O)(=O)[O-])cc1)c1csc(-c2cccs2)n1.[NH4+]. The number of thiophene rings is 2. The summed E-state index contributed by atoms with van der Waals surface area (Å²) in [4.78, 5) is 37.3. The van der Waals surface area contributed by atoms with Crippen molar-refractivity contribution in [3.63, 3.8) is 0 Å². The van der Waals surface area contributed by atoms with Crippen LogP contribution in [0.4, 0.5) is 11.4 Å². The van der Waals surface area contributed by atoms with E-state index in [4.69, 9.17) is 33.2 Å². The number of carbonyl (C=O) groups excluding carboxylic acids is 2. The summed E-state index contributed by atoms with van der Waals surface area (Å²) in [5.74, 6) is -0.345. The van der Waals surface area contributed by atoms with E-state index in [1.165, 1.54) is 46.9 Å². The lowest BCUT2D eigenvalue weighted by molar-refractivity contribution is -0.122. The standard InChI is InChI=1S/2C23H20ClN3O4S3.5CH4.H3N/c2*24-17-4-1-3-16(11-17)13-22(28)25-19(20-14-33-23(26-20)21-5-2-10-32-21)12-15-6-8-18(9-7-15)27-34(29,30)31;;;;;;/h2*1-11,14,19,27H,12-13H2,(H,25,28)(H,29,30,31);5*1H4;1H3/p-1/t2*19-;;;;;;/m00....../s1. The normalized spacial score (nSPS) is 11.3. The molecule has 8 rings (SSSR count). The molecule has 74 heavy (non-hydrogen) atoms. The summed E-state index contributed by atoms with van der Waals surface area (Å²) >= 11 is 18.3. The van der Waals surface area contributed by atoms with Gasteiger partial charge in [-0.1, -0.05) is 121 Å². The Morgan fingerprint density at radius 3 is 1.19 bits per heavy atom. The lowest BCUT2D eigenvalue weighted by Crippen LogP contribution is -2.31. The summed E-state index contributed by atoms with van der Waals surface area (Å²) in [6, 6.07) is 34.3. The van der Waals surface area contributed by atoms with Crippen LogP contribution in [0, 0.1) is 0 Å². The van der Waals surface area contributed by atoms with E-state index in [0.717, 1.165) is 53.4 Å². The third-order valence-corrected chi connectivity index (χ3v) is 14.9. The number of hydrogen-bond acceptors (Lipinski definition) is 14. The monoisotopic (exact) mass is 1160 g/mol. The number of nitrogens with zero attached hydrogens (tertiary/aromatic N) is 2. The Kier molecular flexibility index (Phi) is 27.6. The second kappa shape index (κ2) is 30.7. The third kappa shape index (κ3) is 21.0. The Bertz CT molecular complexity index is 2960. The van der Waals surface area contributed by atoms with Crippen molar-refractivity contribution < 1.29 is 35.5 Å². The van der Waals surface area contributed by atoms with Crippen molar-refractivity contribution in [2.75, 3.05) is 9.44 Å². The van der Waals surface area contributed by atoms with Crippen LogP contribution in [0.25, 0.3) is 19.8 Å². The highest BCUT2D eigenvalue weighted by atomic mass is 35.5. The number of thiazole rings is 2. The molecule has 8 aromatic rings. The molecular formula is C51H62Cl2N7O8S6-. The summed E-state index contributed by atoms with van der Waals surface area (Å²) in [5, 5.41) is 16.8. The molecule has 2 amide bonds. The topological polar surface area (TPSA) is 259 Å². The molecule has 0 radical (unpaired) electrons. The van der Waals surface area contributed by atoms with E-state index in [1.54, 1.807) is 83.3 Å². The van der Waals surface area contributed by atoms with E-state index in [1.807, 2.05) is 67.4 Å². The molecule has 0 unspecified atom stereocenters. The predicted octanol–water partition coefficient (Wildman–Crippen LogP) is 13.6. The molecule has 0 aliphatic carbocycles. The number of halogens is 2. The molecule has 2 atom stereocenters. The van der Waals surface area contributed by atoms with Gasteiger partial charge in [0.2, 0.25) is 11.8 Å². The van der Waals surface area contributed by atoms with Crippen molar-refractivity contribution in [3.8, 4) is 19.8 Å². The minimum Gasteiger partial charge on any atom is -0.731 e. The van der Waals surface area contributed by atoms with Gasteiger partial charge in [-0.15, -0.1) is 45.3 Å². The van der Waals surface area contributed by atoms with Crippen LogP contribution < -0.4 is 26.2 Å². The fourth-order valence-corrected chi connectivity index (χ4v) is 11.4. The van der Waals surface area contributed by atoms with Crippen LogP contribution >= 0.6 is 68.5 Å². The molecule has 0 aliphatic rings. The minimum atomic E-state index is -4.60. The largest absolute Gasteiger partial charge is 0.731 e. The number of aromatic nitrogens is 2. The molecular weight excluding hydrogens is 1100 g/mol. The van der Waals surface area contributed by atoms with Crippen LogP contribution in [-0.4, -0.2) is 47.7 Å². The Morgan fingerprint density at radius 2 is 0.878 bits per heavy atom. The minimum absolute atomic E-state index is 0. The third-order valence-electron chi connectivity index (χ3n) is 9.67.